The lowest BCUT2D eigenvalue weighted by atomic mass is 9.94. The summed E-state index contributed by atoms with van der Waals surface area (Å²) in [5.41, 5.74) is 4.60. The molecule has 33 heavy (non-hydrogen) atoms. The van der Waals surface area contributed by atoms with Crippen molar-refractivity contribution in [2.24, 2.45) is 0 Å². The summed E-state index contributed by atoms with van der Waals surface area (Å²) in [4.78, 5) is 20.6. The predicted molar refractivity (Wildman–Crippen MR) is 130 cm³/mol. The van der Waals surface area contributed by atoms with E-state index in [0.29, 0.717) is 24.9 Å². The molecule has 8 heteroatoms. The number of allylic oxidation sites excluding steroid dienone is 1. The van der Waals surface area contributed by atoms with Gasteiger partial charge in [0, 0.05) is 36.4 Å². The van der Waals surface area contributed by atoms with E-state index in [1.807, 2.05) is 56.5 Å². The van der Waals surface area contributed by atoms with Crippen LogP contribution in [0.2, 0.25) is 0 Å². The number of nitrogens with one attached hydrogen (secondary N) is 1. The summed E-state index contributed by atoms with van der Waals surface area (Å²) in [5, 5.41) is 7.36. The lowest BCUT2D eigenvalue weighted by molar-refractivity contribution is 0.174. The Kier molecular flexibility index (Phi) is 7.15. The Hall–Kier alpha value is -3.10. The topological polar surface area (TPSA) is 80.5 Å². The second-order valence-electron chi connectivity index (χ2n) is 7.94. The number of hydrogen-bond donors (Lipinski definition) is 1. The number of ether oxygens (including phenoxy) is 1. The van der Waals surface area contributed by atoms with Gasteiger partial charge < -0.3 is 14.6 Å². The van der Waals surface area contributed by atoms with E-state index < -0.39 is 6.04 Å². The molecule has 1 atom stereocenters. The van der Waals surface area contributed by atoms with Gasteiger partial charge in [0.2, 0.25) is 5.82 Å². The first-order valence-corrected chi connectivity index (χ1v) is 12.1. The summed E-state index contributed by atoms with van der Waals surface area (Å²) in [6.07, 6.45) is 2.76. The number of aryl methyl sites for hydroxylation is 1. The Morgan fingerprint density at radius 3 is 2.52 bits per heavy atom. The van der Waals surface area contributed by atoms with Crippen molar-refractivity contribution in [3.05, 3.63) is 71.2 Å². The summed E-state index contributed by atoms with van der Waals surface area (Å²) < 4.78 is 10.9. The molecule has 1 aromatic heterocycles. The van der Waals surface area contributed by atoms with E-state index in [0.717, 1.165) is 39.3 Å². The van der Waals surface area contributed by atoms with Crippen LogP contribution >= 0.6 is 11.8 Å². The molecule has 7 nitrogen and oxygen atoms in total. The first-order chi connectivity index (χ1) is 16.0. The number of carbonyl (C=O) groups is 1. The average molecular weight is 465 g/mol. The second kappa shape index (κ2) is 10.2. The van der Waals surface area contributed by atoms with Crippen LogP contribution in [0, 0.1) is 6.92 Å². The maximum Gasteiger partial charge on any atom is 0.322 e. The van der Waals surface area contributed by atoms with Crippen molar-refractivity contribution in [2.75, 3.05) is 26.5 Å². The summed E-state index contributed by atoms with van der Waals surface area (Å²) in [5.74, 6) is 0.920. The normalized spacial score (nSPS) is 16.3. The third-order valence-corrected chi connectivity index (χ3v) is 6.49. The number of benzene rings is 2. The van der Waals surface area contributed by atoms with Gasteiger partial charge in [0.1, 0.15) is 0 Å². The molecule has 2 aromatic carbocycles. The first kappa shape index (κ1) is 23.1. The molecule has 0 radical (unpaired) electrons. The highest BCUT2D eigenvalue weighted by Crippen LogP contribution is 2.37. The maximum absolute atomic E-state index is 13.0. The Labute approximate surface area is 198 Å². The number of rotatable bonds is 8. The SMILES string of the molecule is COCCCN1C(=O)NC(c2ccc(SC)cc2)C(c2nc(-c3ccc(C)cc3)no2)=C1C. The molecule has 1 unspecified atom stereocenters. The van der Waals surface area contributed by atoms with E-state index in [-0.39, 0.29) is 6.03 Å². The van der Waals surface area contributed by atoms with Gasteiger partial charge >= 0.3 is 6.03 Å². The van der Waals surface area contributed by atoms with Crippen LogP contribution in [0.4, 0.5) is 4.79 Å². The first-order valence-electron chi connectivity index (χ1n) is 10.8. The number of aromatic nitrogens is 2. The Balaban J connectivity index is 1.75. The minimum Gasteiger partial charge on any atom is -0.385 e. The molecular weight excluding hydrogens is 436 g/mol. The Morgan fingerprint density at radius 1 is 1.12 bits per heavy atom. The van der Waals surface area contributed by atoms with Gasteiger partial charge in [0.05, 0.1) is 11.6 Å². The third-order valence-electron chi connectivity index (χ3n) is 5.74. The van der Waals surface area contributed by atoms with E-state index in [2.05, 4.69) is 22.6 Å². The zero-order valence-corrected chi connectivity index (χ0v) is 20.1. The molecule has 1 aliphatic rings. The monoisotopic (exact) mass is 464 g/mol. The number of thioether (sulfide) groups is 1. The van der Waals surface area contributed by atoms with Crippen LogP contribution in [-0.2, 0) is 4.74 Å². The predicted octanol–water partition coefficient (Wildman–Crippen LogP) is 5.30. The number of nitrogens with zero attached hydrogens (tertiary/aromatic N) is 3. The van der Waals surface area contributed by atoms with Gasteiger partial charge in [-0.05, 0) is 44.2 Å². The molecule has 2 heterocycles. The molecule has 0 bridgehead atoms. The van der Waals surface area contributed by atoms with E-state index in [1.54, 1.807) is 23.8 Å². The van der Waals surface area contributed by atoms with Crippen molar-refractivity contribution in [1.82, 2.24) is 20.4 Å². The van der Waals surface area contributed by atoms with Crippen molar-refractivity contribution in [3.63, 3.8) is 0 Å². The highest BCUT2D eigenvalue weighted by molar-refractivity contribution is 7.98. The third kappa shape index (κ3) is 4.96. The quantitative estimate of drug-likeness (QED) is 0.360. The molecular formula is C25H28N4O3S. The number of amides is 2. The average Bonchev–Trinajstić information content (AvgIpc) is 3.31. The summed E-state index contributed by atoms with van der Waals surface area (Å²) in [6, 6.07) is 15.6. The van der Waals surface area contributed by atoms with Crippen LogP contribution in [0.25, 0.3) is 17.0 Å². The van der Waals surface area contributed by atoms with Gasteiger partial charge in [0.25, 0.3) is 5.89 Å². The van der Waals surface area contributed by atoms with Crippen molar-refractivity contribution in [2.45, 2.75) is 31.2 Å². The van der Waals surface area contributed by atoms with Crippen LogP contribution in [-0.4, -0.2) is 47.6 Å². The Bertz CT molecular complexity index is 1140. The molecule has 0 spiro atoms. The molecule has 0 aliphatic carbocycles. The molecule has 0 saturated carbocycles. The fraction of sp³-hybridized carbons (Fsp3) is 0.320. The van der Waals surface area contributed by atoms with Crippen LogP contribution < -0.4 is 5.32 Å². The minimum absolute atomic E-state index is 0.149. The molecule has 172 valence electrons. The highest BCUT2D eigenvalue weighted by Gasteiger charge is 2.35. The van der Waals surface area contributed by atoms with Crippen molar-refractivity contribution < 1.29 is 14.1 Å². The van der Waals surface area contributed by atoms with Crippen LogP contribution in [0.1, 0.15) is 36.4 Å². The summed E-state index contributed by atoms with van der Waals surface area (Å²) in [7, 11) is 1.66. The smallest absolute Gasteiger partial charge is 0.322 e. The number of methoxy groups -OCH3 is 1. The summed E-state index contributed by atoms with van der Waals surface area (Å²) >= 11 is 1.68. The van der Waals surface area contributed by atoms with Gasteiger partial charge in [-0.2, -0.15) is 4.98 Å². The number of carbonyl (C=O) groups excluding carboxylic acids is 1. The lowest BCUT2D eigenvalue weighted by Gasteiger charge is -2.35. The van der Waals surface area contributed by atoms with Crippen molar-refractivity contribution in [3.8, 4) is 11.4 Å². The molecule has 1 N–H and O–H groups in total. The fourth-order valence-corrected chi connectivity index (χ4v) is 4.30. The molecule has 1 aliphatic heterocycles. The van der Waals surface area contributed by atoms with E-state index in [1.165, 1.54) is 0 Å². The van der Waals surface area contributed by atoms with E-state index in [4.69, 9.17) is 14.2 Å². The highest BCUT2D eigenvalue weighted by atomic mass is 32.2. The van der Waals surface area contributed by atoms with Gasteiger partial charge in [-0.15, -0.1) is 11.8 Å². The molecule has 0 fully saturated rings. The van der Waals surface area contributed by atoms with Crippen molar-refractivity contribution in [1.29, 1.82) is 0 Å². The van der Waals surface area contributed by atoms with Crippen LogP contribution in [0.5, 0.6) is 0 Å². The van der Waals surface area contributed by atoms with Crippen LogP contribution in [0.15, 0.2) is 63.6 Å². The van der Waals surface area contributed by atoms with E-state index >= 15 is 0 Å². The molecule has 3 aromatic rings. The molecule has 2 amide bonds. The standard InChI is InChI=1S/C25H28N4O3S/c1-16-6-8-19(9-7-16)23-27-24(32-28-23)21-17(2)29(14-5-15-31-3)25(30)26-22(21)18-10-12-20(33-4)13-11-18/h6-13,22H,5,14-15H2,1-4H3,(H,26,30). The second-order valence-corrected chi connectivity index (χ2v) is 8.82. The number of hydrogen-bond acceptors (Lipinski definition) is 6. The molecule has 0 saturated heterocycles. The van der Waals surface area contributed by atoms with Gasteiger partial charge in [0.15, 0.2) is 0 Å². The molecule has 4 rings (SSSR count). The van der Waals surface area contributed by atoms with E-state index in [9.17, 15) is 4.79 Å². The zero-order valence-electron chi connectivity index (χ0n) is 19.3. The zero-order chi connectivity index (χ0) is 23.4. The van der Waals surface area contributed by atoms with Crippen LogP contribution in [0.3, 0.4) is 0 Å². The number of urea groups is 1. The summed E-state index contributed by atoms with van der Waals surface area (Å²) in [6.45, 7) is 5.07. The van der Waals surface area contributed by atoms with Gasteiger partial charge in [-0.25, -0.2) is 4.79 Å². The lowest BCUT2D eigenvalue weighted by Crippen LogP contribution is -2.46. The Morgan fingerprint density at radius 2 is 1.85 bits per heavy atom. The fourth-order valence-electron chi connectivity index (χ4n) is 3.89. The van der Waals surface area contributed by atoms with Gasteiger partial charge in [-0.3, -0.25) is 4.90 Å². The maximum atomic E-state index is 13.0. The minimum atomic E-state index is -0.390. The van der Waals surface area contributed by atoms with Crippen molar-refractivity contribution >= 4 is 23.4 Å². The largest absolute Gasteiger partial charge is 0.385 e. The van der Waals surface area contributed by atoms with Gasteiger partial charge in [-0.1, -0.05) is 47.1 Å².